The molecule has 0 saturated heterocycles. The molecule has 2 aromatic heterocycles. The van der Waals surface area contributed by atoms with Crippen LogP contribution in [0.15, 0.2) is 66.0 Å². The Balaban J connectivity index is 1.61. The molecule has 28 heavy (non-hydrogen) atoms. The molecule has 0 saturated carbocycles. The van der Waals surface area contributed by atoms with E-state index in [1.807, 2.05) is 46.3 Å². The predicted molar refractivity (Wildman–Crippen MR) is 109 cm³/mol. The number of benzene rings is 2. The summed E-state index contributed by atoms with van der Waals surface area (Å²) in [5, 5.41) is 4.95. The molecule has 0 aliphatic rings. The Morgan fingerprint density at radius 1 is 1.14 bits per heavy atom. The zero-order chi connectivity index (χ0) is 19.5. The smallest absolute Gasteiger partial charge is 0.268 e. The molecule has 1 amide bonds. The molecule has 0 atom stereocenters. The average Bonchev–Trinajstić information content (AvgIpc) is 3.30. The van der Waals surface area contributed by atoms with Crippen LogP contribution in [0.25, 0.3) is 10.2 Å². The van der Waals surface area contributed by atoms with Crippen molar-refractivity contribution in [2.24, 2.45) is 0 Å². The number of rotatable bonds is 6. The molecule has 0 radical (unpaired) electrons. The number of ether oxygens (including phenoxy) is 1. The third-order valence-corrected chi connectivity index (χ3v) is 5.50. The maximum atomic E-state index is 13.1. The van der Waals surface area contributed by atoms with Gasteiger partial charge in [-0.25, -0.2) is 4.39 Å². The van der Waals surface area contributed by atoms with E-state index in [1.54, 1.807) is 30.6 Å². The number of fused-ring (bicyclic) bond motifs is 1. The van der Waals surface area contributed by atoms with Gasteiger partial charge in [0.1, 0.15) is 17.3 Å². The minimum Gasteiger partial charge on any atom is -0.496 e. The Kier molecular flexibility index (Phi) is 5.12. The van der Waals surface area contributed by atoms with E-state index in [0.717, 1.165) is 27.1 Å². The van der Waals surface area contributed by atoms with Crippen molar-refractivity contribution < 1.29 is 13.9 Å². The van der Waals surface area contributed by atoms with Crippen molar-refractivity contribution in [1.82, 2.24) is 9.88 Å². The number of amides is 1. The first-order valence-electron chi connectivity index (χ1n) is 8.87. The largest absolute Gasteiger partial charge is 0.496 e. The highest BCUT2D eigenvalue weighted by Gasteiger charge is 2.17. The van der Waals surface area contributed by atoms with Gasteiger partial charge in [0.15, 0.2) is 0 Å². The van der Waals surface area contributed by atoms with Crippen molar-refractivity contribution in [1.29, 1.82) is 0 Å². The van der Waals surface area contributed by atoms with Crippen LogP contribution in [-0.2, 0) is 13.1 Å². The van der Waals surface area contributed by atoms with E-state index >= 15 is 0 Å². The normalized spacial score (nSPS) is 10.9. The summed E-state index contributed by atoms with van der Waals surface area (Å²) in [5.74, 6) is 0.334. The number of nitrogens with zero attached hydrogens (tertiary/aromatic N) is 1. The van der Waals surface area contributed by atoms with Crippen LogP contribution in [-0.4, -0.2) is 17.6 Å². The quantitative estimate of drug-likeness (QED) is 0.509. The lowest BCUT2D eigenvalue weighted by Crippen LogP contribution is -2.25. The van der Waals surface area contributed by atoms with Gasteiger partial charge in [-0.3, -0.25) is 4.79 Å². The second-order valence-corrected chi connectivity index (χ2v) is 7.35. The standard InChI is InChI=1S/C22H19FN2O2S/c1-27-20-5-3-2-4-16(20)14-25-18-10-11-28-21(18)12-19(25)22(26)24-13-15-6-8-17(23)9-7-15/h2-12H,13-14H2,1H3,(H,24,26). The first-order valence-corrected chi connectivity index (χ1v) is 9.75. The van der Waals surface area contributed by atoms with Gasteiger partial charge in [0.25, 0.3) is 5.91 Å². The fourth-order valence-electron chi connectivity index (χ4n) is 3.21. The highest BCUT2D eigenvalue weighted by atomic mass is 32.1. The van der Waals surface area contributed by atoms with Gasteiger partial charge in [-0.15, -0.1) is 11.3 Å². The van der Waals surface area contributed by atoms with E-state index in [-0.39, 0.29) is 11.7 Å². The monoisotopic (exact) mass is 394 g/mol. The molecule has 0 unspecified atom stereocenters. The Morgan fingerprint density at radius 3 is 2.71 bits per heavy atom. The molecule has 4 nitrogen and oxygen atoms in total. The lowest BCUT2D eigenvalue weighted by Gasteiger charge is -2.13. The first kappa shape index (κ1) is 18.3. The summed E-state index contributed by atoms with van der Waals surface area (Å²) in [6.45, 7) is 0.871. The Hall–Kier alpha value is -3.12. The van der Waals surface area contributed by atoms with Gasteiger partial charge in [0, 0.05) is 12.1 Å². The Bertz CT molecular complexity index is 1120. The van der Waals surface area contributed by atoms with Gasteiger partial charge < -0.3 is 14.6 Å². The van der Waals surface area contributed by atoms with Gasteiger partial charge in [0.05, 0.1) is 23.9 Å². The van der Waals surface area contributed by atoms with Crippen molar-refractivity contribution in [3.8, 4) is 5.75 Å². The third kappa shape index (κ3) is 3.64. The van der Waals surface area contributed by atoms with E-state index in [1.165, 1.54) is 12.1 Å². The van der Waals surface area contributed by atoms with Crippen LogP contribution >= 0.6 is 11.3 Å². The number of halogens is 1. The van der Waals surface area contributed by atoms with Gasteiger partial charge in [-0.1, -0.05) is 30.3 Å². The zero-order valence-corrected chi connectivity index (χ0v) is 16.1. The lowest BCUT2D eigenvalue weighted by atomic mass is 10.2. The number of para-hydroxylation sites is 1. The van der Waals surface area contributed by atoms with E-state index < -0.39 is 0 Å². The summed E-state index contributed by atoms with van der Waals surface area (Å²) in [7, 11) is 1.64. The molecular weight excluding hydrogens is 375 g/mol. The van der Waals surface area contributed by atoms with Crippen LogP contribution in [0.2, 0.25) is 0 Å². The van der Waals surface area contributed by atoms with Crippen molar-refractivity contribution in [2.75, 3.05) is 7.11 Å². The van der Waals surface area contributed by atoms with Crippen LogP contribution in [0.3, 0.4) is 0 Å². The van der Waals surface area contributed by atoms with Crippen LogP contribution < -0.4 is 10.1 Å². The summed E-state index contributed by atoms with van der Waals surface area (Å²) in [5.41, 5.74) is 3.46. The average molecular weight is 394 g/mol. The van der Waals surface area contributed by atoms with Crippen LogP contribution in [0, 0.1) is 5.82 Å². The first-order chi connectivity index (χ1) is 13.7. The predicted octanol–water partition coefficient (Wildman–Crippen LogP) is 4.83. The maximum Gasteiger partial charge on any atom is 0.268 e. The summed E-state index contributed by atoms with van der Waals surface area (Å²) >= 11 is 1.60. The third-order valence-electron chi connectivity index (χ3n) is 4.64. The molecule has 0 fully saturated rings. The van der Waals surface area contributed by atoms with Gasteiger partial charge >= 0.3 is 0 Å². The summed E-state index contributed by atoms with van der Waals surface area (Å²) in [6.07, 6.45) is 0. The van der Waals surface area contributed by atoms with Crippen LogP contribution in [0.4, 0.5) is 4.39 Å². The number of nitrogens with one attached hydrogen (secondary N) is 1. The van der Waals surface area contributed by atoms with Crippen molar-refractivity contribution in [3.63, 3.8) is 0 Å². The lowest BCUT2D eigenvalue weighted by molar-refractivity contribution is 0.0942. The molecule has 0 bridgehead atoms. The topological polar surface area (TPSA) is 43.3 Å². The number of aromatic nitrogens is 1. The van der Waals surface area contributed by atoms with Gasteiger partial charge in [-0.2, -0.15) is 0 Å². The van der Waals surface area contributed by atoms with Crippen molar-refractivity contribution >= 4 is 27.5 Å². The minimum atomic E-state index is -0.291. The Morgan fingerprint density at radius 2 is 1.93 bits per heavy atom. The fraction of sp³-hybridized carbons (Fsp3) is 0.136. The number of methoxy groups -OCH3 is 1. The molecule has 2 heterocycles. The molecule has 4 rings (SSSR count). The number of carbonyl (C=O) groups is 1. The molecule has 142 valence electrons. The second-order valence-electron chi connectivity index (χ2n) is 6.41. The van der Waals surface area contributed by atoms with E-state index in [9.17, 15) is 9.18 Å². The summed E-state index contributed by atoms with van der Waals surface area (Å²) in [4.78, 5) is 12.9. The number of hydrogen-bond donors (Lipinski definition) is 1. The van der Waals surface area contributed by atoms with E-state index in [2.05, 4.69) is 5.32 Å². The maximum absolute atomic E-state index is 13.1. The van der Waals surface area contributed by atoms with Gasteiger partial charge in [-0.05, 0) is 41.3 Å². The summed E-state index contributed by atoms with van der Waals surface area (Å²) < 4.78 is 21.6. The van der Waals surface area contributed by atoms with E-state index in [4.69, 9.17) is 4.74 Å². The SMILES string of the molecule is COc1ccccc1Cn1c(C(=O)NCc2ccc(F)cc2)cc2sccc21. The molecule has 1 N–H and O–H groups in total. The highest BCUT2D eigenvalue weighted by molar-refractivity contribution is 7.17. The summed E-state index contributed by atoms with van der Waals surface area (Å²) in [6, 6.07) is 17.8. The minimum absolute atomic E-state index is 0.164. The number of thiophene rings is 1. The molecule has 0 spiro atoms. The van der Waals surface area contributed by atoms with E-state index in [0.29, 0.717) is 18.8 Å². The molecule has 4 aromatic rings. The molecule has 0 aliphatic carbocycles. The molecule has 2 aromatic carbocycles. The molecule has 0 aliphatic heterocycles. The fourth-order valence-corrected chi connectivity index (χ4v) is 4.04. The Labute approximate surface area is 166 Å². The molecule has 6 heteroatoms. The number of hydrogen-bond acceptors (Lipinski definition) is 3. The van der Waals surface area contributed by atoms with Gasteiger partial charge in [0.2, 0.25) is 0 Å². The number of carbonyl (C=O) groups excluding carboxylic acids is 1. The van der Waals surface area contributed by atoms with Crippen LogP contribution in [0.5, 0.6) is 5.75 Å². The van der Waals surface area contributed by atoms with Crippen molar-refractivity contribution in [3.05, 3.63) is 88.7 Å². The second kappa shape index (κ2) is 7.86. The zero-order valence-electron chi connectivity index (χ0n) is 15.3. The van der Waals surface area contributed by atoms with Crippen molar-refractivity contribution in [2.45, 2.75) is 13.1 Å². The highest BCUT2D eigenvalue weighted by Crippen LogP contribution is 2.28. The van der Waals surface area contributed by atoms with Crippen LogP contribution in [0.1, 0.15) is 21.6 Å². The molecular formula is C22H19FN2O2S.